The van der Waals surface area contributed by atoms with Gasteiger partial charge in [-0.15, -0.1) is 0 Å². The molecule has 0 saturated heterocycles. The van der Waals surface area contributed by atoms with Crippen molar-refractivity contribution in [2.75, 3.05) is 0 Å². The zero-order valence-corrected chi connectivity index (χ0v) is 6.90. The van der Waals surface area contributed by atoms with Crippen LogP contribution in [0.1, 0.15) is 15.9 Å². The van der Waals surface area contributed by atoms with E-state index < -0.39 is 28.0 Å². The lowest BCUT2D eigenvalue weighted by atomic mass is 10.1. The molecule has 1 aromatic rings. The van der Waals surface area contributed by atoms with E-state index >= 15 is 0 Å². The summed E-state index contributed by atoms with van der Waals surface area (Å²) in [5.74, 6) is -2.05. The van der Waals surface area contributed by atoms with Crippen LogP contribution in [0.25, 0.3) is 0 Å². The highest BCUT2D eigenvalue weighted by Gasteiger charge is 2.16. The summed E-state index contributed by atoms with van der Waals surface area (Å²) < 4.78 is 25.4. The molecule has 0 aliphatic carbocycles. The van der Waals surface area contributed by atoms with Crippen molar-refractivity contribution in [2.45, 2.75) is 0 Å². The Hall–Kier alpha value is -1.47. The molecule has 1 aromatic carbocycles. The second kappa shape index (κ2) is 3.50. The van der Waals surface area contributed by atoms with Crippen LogP contribution in [-0.4, -0.2) is 5.24 Å². The fraction of sp³-hybridized carbons (Fsp3) is 0. The first-order chi connectivity index (χ1) is 6.06. The smallest absolute Gasteiger partial charge is 0.256 e. The largest absolute Gasteiger partial charge is 0.275 e. The average molecular weight is 202 g/mol. The first-order valence-electron chi connectivity index (χ1n) is 3.15. The first-order valence-corrected chi connectivity index (χ1v) is 3.53. The van der Waals surface area contributed by atoms with Crippen molar-refractivity contribution < 1.29 is 13.6 Å². The van der Waals surface area contributed by atoms with Gasteiger partial charge in [0.25, 0.3) is 5.24 Å². The lowest BCUT2D eigenvalue weighted by molar-refractivity contribution is 0.107. The molecule has 1 rings (SSSR count). The van der Waals surface area contributed by atoms with Crippen LogP contribution in [0.5, 0.6) is 0 Å². The third kappa shape index (κ3) is 1.82. The van der Waals surface area contributed by atoms with E-state index in [1.807, 2.05) is 0 Å². The number of hydrogen-bond donors (Lipinski definition) is 0. The Kier molecular flexibility index (Phi) is 2.59. The molecule has 0 spiro atoms. The highest BCUT2D eigenvalue weighted by molar-refractivity contribution is 6.68. The van der Waals surface area contributed by atoms with Gasteiger partial charge in [-0.3, -0.25) is 4.79 Å². The molecule has 0 aliphatic heterocycles. The average Bonchev–Trinajstić information content (AvgIpc) is 2.01. The molecular formula is C8H2ClF2NO. The molecule has 0 N–H and O–H groups in total. The highest BCUT2D eigenvalue weighted by Crippen LogP contribution is 2.17. The summed E-state index contributed by atoms with van der Waals surface area (Å²) in [4.78, 5) is 10.6. The number of hydrogen-bond acceptors (Lipinski definition) is 2. The van der Waals surface area contributed by atoms with Gasteiger partial charge in [-0.1, -0.05) is 0 Å². The number of carbonyl (C=O) groups excluding carboxylic acids is 1. The second-order valence-electron chi connectivity index (χ2n) is 2.20. The van der Waals surface area contributed by atoms with Gasteiger partial charge in [0, 0.05) is 6.07 Å². The van der Waals surface area contributed by atoms with Gasteiger partial charge in [0.05, 0.1) is 11.1 Å². The second-order valence-corrected chi connectivity index (χ2v) is 2.54. The molecule has 0 unspecified atom stereocenters. The van der Waals surface area contributed by atoms with Gasteiger partial charge >= 0.3 is 0 Å². The maximum absolute atomic E-state index is 12.9. The molecular weight excluding hydrogens is 200 g/mol. The maximum Gasteiger partial charge on any atom is 0.256 e. The summed E-state index contributed by atoms with van der Waals surface area (Å²) in [6.45, 7) is 0. The standard InChI is InChI=1S/C8H2ClF2NO/c9-8(13)7-4(3-12)1-5(10)2-6(7)11/h1-2H. The Morgan fingerprint density at radius 3 is 2.54 bits per heavy atom. The van der Waals surface area contributed by atoms with Crippen LogP contribution in [0, 0.1) is 23.0 Å². The van der Waals surface area contributed by atoms with Crippen LogP contribution >= 0.6 is 11.6 Å². The predicted molar refractivity (Wildman–Crippen MR) is 41.3 cm³/mol. The Bertz CT molecular complexity index is 411. The van der Waals surface area contributed by atoms with Crippen LogP contribution in [0.2, 0.25) is 0 Å². The minimum Gasteiger partial charge on any atom is -0.275 e. The molecule has 0 fully saturated rings. The SMILES string of the molecule is N#Cc1cc(F)cc(F)c1C(=O)Cl. The van der Waals surface area contributed by atoms with Crippen molar-refractivity contribution in [3.05, 3.63) is 34.9 Å². The molecule has 0 aliphatic rings. The number of nitriles is 1. The van der Waals surface area contributed by atoms with Crippen molar-refractivity contribution in [3.63, 3.8) is 0 Å². The van der Waals surface area contributed by atoms with E-state index in [0.29, 0.717) is 6.07 Å². The van der Waals surface area contributed by atoms with Crippen LogP contribution in [-0.2, 0) is 0 Å². The molecule has 0 amide bonds. The van der Waals surface area contributed by atoms with E-state index in [9.17, 15) is 13.6 Å². The summed E-state index contributed by atoms with van der Waals surface area (Å²) in [5.41, 5.74) is -0.997. The van der Waals surface area contributed by atoms with E-state index in [2.05, 4.69) is 0 Å². The molecule has 66 valence electrons. The Balaban J connectivity index is 3.50. The number of rotatable bonds is 1. The molecule has 0 heterocycles. The summed E-state index contributed by atoms with van der Waals surface area (Å²) in [6.07, 6.45) is 0. The summed E-state index contributed by atoms with van der Waals surface area (Å²) in [6, 6.07) is 2.72. The van der Waals surface area contributed by atoms with Crippen molar-refractivity contribution in [3.8, 4) is 6.07 Å². The topological polar surface area (TPSA) is 40.9 Å². The lowest BCUT2D eigenvalue weighted by Gasteiger charge is -1.99. The number of carbonyl (C=O) groups is 1. The molecule has 0 bridgehead atoms. The van der Waals surface area contributed by atoms with Gasteiger partial charge < -0.3 is 0 Å². The van der Waals surface area contributed by atoms with Gasteiger partial charge in [0.15, 0.2) is 0 Å². The molecule has 0 atom stereocenters. The Morgan fingerprint density at radius 2 is 2.08 bits per heavy atom. The molecule has 2 nitrogen and oxygen atoms in total. The van der Waals surface area contributed by atoms with E-state index in [1.165, 1.54) is 6.07 Å². The Morgan fingerprint density at radius 1 is 1.46 bits per heavy atom. The van der Waals surface area contributed by atoms with Crippen LogP contribution in [0.15, 0.2) is 12.1 Å². The highest BCUT2D eigenvalue weighted by atomic mass is 35.5. The van der Waals surface area contributed by atoms with Crippen LogP contribution < -0.4 is 0 Å². The summed E-state index contributed by atoms with van der Waals surface area (Å²) >= 11 is 4.99. The normalized spacial score (nSPS) is 9.38. The van der Waals surface area contributed by atoms with E-state index in [0.717, 1.165) is 6.07 Å². The lowest BCUT2D eigenvalue weighted by Crippen LogP contribution is -2.00. The molecule has 0 saturated carbocycles. The van der Waals surface area contributed by atoms with Crippen molar-refractivity contribution >= 4 is 16.8 Å². The van der Waals surface area contributed by atoms with Crippen molar-refractivity contribution in [2.24, 2.45) is 0 Å². The summed E-state index contributed by atoms with van der Waals surface area (Å²) in [5, 5.41) is 7.31. The van der Waals surface area contributed by atoms with Crippen LogP contribution in [0.3, 0.4) is 0 Å². The number of benzene rings is 1. The number of halogens is 3. The maximum atomic E-state index is 12.9. The fourth-order valence-corrected chi connectivity index (χ4v) is 1.05. The quantitative estimate of drug-likeness (QED) is 0.654. The first kappa shape index (κ1) is 9.62. The molecule has 0 aromatic heterocycles. The minimum absolute atomic E-state index is 0.405. The number of nitrogens with zero attached hydrogens (tertiary/aromatic N) is 1. The molecule has 13 heavy (non-hydrogen) atoms. The van der Waals surface area contributed by atoms with Crippen molar-refractivity contribution in [1.82, 2.24) is 0 Å². The minimum atomic E-state index is -1.13. The van der Waals surface area contributed by atoms with E-state index in [4.69, 9.17) is 16.9 Å². The monoisotopic (exact) mass is 201 g/mol. The van der Waals surface area contributed by atoms with Gasteiger partial charge in [-0.05, 0) is 17.7 Å². The van der Waals surface area contributed by atoms with Gasteiger partial charge in [-0.2, -0.15) is 5.26 Å². The zero-order valence-electron chi connectivity index (χ0n) is 6.14. The zero-order chi connectivity index (χ0) is 10.0. The van der Waals surface area contributed by atoms with E-state index in [1.54, 1.807) is 0 Å². The molecule has 5 heteroatoms. The van der Waals surface area contributed by atoms with Gasteiger partial charge in [0.1, 0.15) is 17.7 Å². The third-order valence-corrected chi connectivity index (χ3v) is 1.56. The van der Waals surface area contributed by atoms with E-state index in [-0.39, 0.29) is 0 Å². The fourth-order valence-electron chi connectivity index (χ4n) is 0.862. The Labute approximate surface area is 77.3 Å². The van der Waals surface area contributed by atoms with Crippen molar-refractivity contribution in [1.29, 1.82) is 5.26 Å². The predicted octanol–water partition coefficient (Wildman–Crippen LogP) is 2.22. The summed E-state index contributed by atoms with van der Waals surface area (Å²) in [7, 11) is 0. The van der Waals surface area contributed by atoms with Crippen LogP contribution in [0.4, 0.5) is 8.78 Å². The van der Waals surface area contributed by atoms with Gasteiger partial charge in [-0.25, -0.2) is 8.78 Å². The molecule has 0 radical (unpaired) electrons. The van der Waals surface area contributed by atoms with Gasteiger partial charge in [0.2, 0.25) is 0 Å². The third-order valence-electron chi connectivity index (χ3n) is 1.37.